The lowest BCUT2D eigenvalue weighted by Gasteiger charge is -2.30. The molecule has 4 aliphatic rings. The Bertz CT molecular complexity index is 675. The van der Waals surface area contributed by atoms with Crippen LogP contribution in [0.2, 0.25) is 0 Å². The highest BCUT2D eigenvalue weighted by atomic mass is 32.2. The zero-order valence-electron chi connectivity index (χ0n) is 10.0. The molecule has 5 nitrogen and oxygen atoms in total. The summed E-state index contributed by atoms with van der Waals surface area (Å²) in [6, 6.07) is 0. The van der Waals surface area contributed by atoms with Crippen LogP contribution in [0.1, 0.15) is 13.8 Å². The SMILES string of the molecule is CC1=CC(C)=NC2=NC3=S(N4C=CC=CC4=N3)N12. The summed E-state index contributed by atoms with van der Waals surface area (Å²) in [4.78, 5) is 13.6. The van der Waals surface area contributed by atoms with E-state index in [0.717, 1.165) is 22.6 Å². The molecule has 4 heterocycles. The fraction of sp³-hybridized carbons (Fsp3) is 0.167. The minimum atomic E-state index is -0.283. The first-order valence-electron chi connectivity index (χ1n) is 5.71. The summed E-state index contributed by atoms with van der Waals surface area (Å²) in [7, 11) is -0.283. The fourth-order valence-electron chi connectivity index (χ4n) is 2.24. The summed E-state index contributed by atoms with van der Waals surface area (Å²) < 4.78 is 4.31. The van der Waals surface area contributed by atoms with E-state index >= 15 is 0 Å². The molecule has 0 saturated heterocycles. The van der Waals surface area contributed by atoms with Gasteiger partial charge in [-0.05, 0) is 32.1 Å². The van der Waals surface area contributed by atoms with Crippen molar-refractivity contribution in [2.45, 2.75) is 13.8 Å². The van der Waals surface area contributed by atoms with Crippen LogP contribution in [-0.2, 0) is 0 Å². The molecule has 0 radical (unpaired) electrons. The molecular formula is C12H11N5S. The van der Waals surface area contributed by atoms with Crippen molar-refractivity contribution < 1.29 is 0 Å². The van der Waals surface area contributed by atoms with Crippen LogP contribution in [0.15, 0.2) is 51.2 Å². The Morgan fingerprint density at radius 3 is 2.89 bits per heavy atom. The average molecular weight is 257 g/mol. The quantitative estimate of drug-likeness (QED) is 0.623. The molecule has 0 aromatic heterocycles. The van der Waals surface area contributed by atoms with Gasteiger partial charge in [0.25, 0.3) is 0 Å². The molecule has 6 heteroatoms. The molecule has 18 heavy (non-hydrogen) atoms. The van der Waals surface area contributed by atoms with E-state index in [2.05, 4.69) is 36.6 Å². The number of nitrogens with zero attached hydrogens (tertiary/aromatic N) is 5. The maximum atomic E-state index is 4.56. The van der Waals surface area contributed by atoms with Gasteiger partial charge in [-0.25, -0.2) is 14.3 Å². The molecular weight excluding hydrogens is 246 g/mol. The van der Waals surface area contributed by atoms with Crippen molar-refractivity contribution in [3.63, 3.8) is 0 Å². The van der Waals surface area contributed by atoms with Crippen molar-refractivity contribution in [2.75, 3.05) is 0 Å². The second-order valence-corrected chi connectivity index (χ2v) is 5.94. The maximum absolute atomic E-state index is 4.56. The Kier molecular flexibility index (Phi) is 1.83. The minimum absolute atomic E-state index is 0.283. The van der Waals surface area contributed by atoms with Crippen molar-refractivity contribution in [3.8, 4) is 0 Å². The largest absolute Gasteiger partial charge is 0.261 e. The first kappa shape index (κ1) is 10.0. The highest BCUT2D eigenvalue weighted by Crippen LogP contribution is 2.42. The van der Waals surface area contributed by atoms with Crippen molar-refractivity contribution >= 4 is 33.5 Å². The van der Waals surface area contributed by atoms with Crippen molar-refractivity contribution in [3.05, 3.63) is 36.2 Å². The monoisotopic (exact) mass is 257 g/mol. The summed E-state index contributed by atoms with van der Waals surface area (Å²) in [5, 5.41) is 0.849. The van der Waals surface area contributed by atoms with Crippen molar-refractivity contribution in [2.24, 2.45) is 15.0 Å². The van der Waals surface area contributed by atoms with Crippen LogP contribution in [0.3, 0.4) is 0 Å². The van der Waals surface area contributed by atoms with Gasteiger partial charge in [-0.15, -0.1) is 0 Å². The first-order valence-corrected chi connectivity index (χ1v) is 6.84. The highest BCUT2D eigenvalue weighted by molar-refractivity contribution is 8.13. The first-order chi connectivity index (χ1) is 8.74. The van der Waals surface area contributed by atoms with Crippen LogP contribution in [0.4, 0.5) is 0 Å². The Labute approximate surface area is 107 Å². The second-order valence-electron chi connectivity index (χ2n) is 4.29. The number of aliphatic imine (C=N–C) groups is 3. The molecule has 0 bridgehead atoms. The molecule has 90 valence electrons. The van der Waals surface area contributed by atoms with Gasteiger partial charge in [-0.2, -0.15) is 4.99 Å². The van der Waals surface area contributed by atoms with E-state index in [1.807, 2.05) is 31.4 Å². The molecule has 1 unspecified atom stereocenters. The molecule has 0 spiro atoms. The maximum Gasteiger partial charge on any atom is 0.243 e. The summed E-state index contributed by atoms with van der Waals surface area (Å²) in [6.07, 6.45) is 10.1. The van der Waals surface area contributed by atoms with Crippen LogP contribution in [0.25, 0.3) is 0 Å². The highest BCUT2D eigenvalue weighted by Gasteiger charge is 2.37. The standard InChI is InChI=1S/C12H11N5S/c1-8-7-9(2)17-11(13-8)15-12-14-10-5-3-4-6-16(10)18(12)17/h3-7H,1-2H3. The lowest BCUT2D eigenvalue weighted by Crippen LogP contribution is -2.30. The van der Waals surface area contributed by atoms with Gasteiger partial charge in [-0.3, -0.25) is 4.31 Å². The number of fused-ring (bicyclic) bond motifs is 4. The summed E-state index contributed by atoms with van der Waals surface area (Å²) in [5.41, 5.74) is 2.16. The Balaban J connectivity index is 1.85. The summed E-state index contributed by atoms with van der Waals surface area (Å²) in [5.74, 6) is 1.72. The smallest absolute Gasteiger partial charge is 0.243 e. The topological polar surface area (TPSA) is 43.6 Å². The van der Waals surface area contributed by atoms with Crippen LogP contribution < -0.4 is 0 Å². The normalized spacial score (nSPS) is 27.4. The average Bonchev–Trinajstić information content (AvgIpc) is 2.83. The molecule has 0 aromatic carbocycles. The second kappa shape index (κ2) is 3.29. The third-order valence-electron chi connectivity index (χ3n) is 2.93. The molecule has 0 fully saturated rings. The van der Waals surface area contributed by atoms with Gasteiger partial charge in [0.05, 0.1) is 10.9 Å². The van der Waals surface area contributed by atoms with Gasteiger partial charge in [0.2, 0.25) is 11.1 Å². The van der Waals surface area contributed by atoms with E-state index in [1.54, 1.807) is 0 Å². The van der Waals surface area contributed by atoms with Crippen molar-refractivity contribution in [1.29, 1.82) is 0 Å². The van der Waals surface area contributed by atoms with E-state index in [4.69, 9.17) is 0 Å². The molecule has 0 aromatic rings. The number of rotatable bonds is 0. The molecule has 4 rings (SSSR count). The van der Waals surface area contributed by atoms with Gasteiger partial charge >= 0.3 is 0 Å². The molecule has 1 atom stereocenters. The van der Waals surface area contributed by atoms with Gasteiger partial charge in [-0.1, -0.05) is 6.08 Å². The van der Waals surface area contributed by atoms with Crippen LogP contribution in [0, 0.1) is 0 Å². The fourth-order valence-corrected chi connectivity index (χ4v) is 4.12. The predicted octanol–water partition coefficient (Wildman–Crippen LogP) is 2.02. The van der Waals surface area contributed by atoms with E-state index in [0.29, 0.717) is 0 Å². The van der Waals surface area contributed by atoms with Crippen LogP contribution in [-0.4, -0.2) is 31.2 Å². The molecule has 0 N–H and O–H groups in total. The van der Waals surface area contributed by atoms with Crippen LogP contribution in [0.5, 0.6) is 0 Å². The van der Waals surface area contributed by atoms with Crippen molar-refractivity contribution in [1.82, 2.24) is 8.61 Å². The van der Waals surface area contributed by atoms with Crippen LogP contribution >= 0.6 is 10.9 Å². The third kappa shape index (κ3) is 1.18. The van der Waals surface area contributed by atoms with Gasteiger partial charge < -0.3 is 0 Å². The van der Waals surface area contributed by atoms with E-state index in [-0.39, 0.29) is 10.9 Å². The number of allylic oxidation sites excluding steroid dienone is 4. The summed E-state index contributed by atoms with van der Waals surface area (Å²) in [6.45, 7) is 4.08. The van der Waals surface area contributed by atoms with E-state index in [9.17, 15) is 0 Å². The Morgan fingerprint density at radius 1 is 1.11 bits per heavy atom. The Hall–Kier alpha value is -1.95. The molecule has 0 aliphatic carbocycles. The molecule has 4 aliphatic heterocycles. The number of hydrogen-bond acceptors (Lipinski definition) is 5. The lowest BCUT2D eigenvalue weighted by atomic mass is 10.3. The zero-order valence-corrected chi connectivity index (χ0v) is 10.8. The number of guanidine groups is 1. The zero-order chi connectivity index (χ0) is 12.3. The lowest BCUT2D eigenvalue weighted by molar-refractivity contribution is 0.773. The predicted molar refractivity (Wildman–Crippen MR) is 76.3 cm³/mol. The summed E-state index contributed by atoms with van der Waals surface area (Å²) >= 11 is 0. The molecule has 0 amide bonds. The Morgan fingerprint density at radius 2 is 2.00 bits per heavy atom. The van der Waals surface area contributed by atoms with Gasteiger partial charge in [0.1, 0.15) is 5.84 Å². The van der Waals surface area contributed by atoms with E-state index in [1.165, 1.54) is 5.70 Å². The third-order valence-corrected chi connectivity index (χ3v) is 4.92. The van der Waals surface area contributed by atoms with E-state index < -0.39 is 0 Å². The minimum Gasteiger partial charge on any atom is -0.261 e. The van der Waals surface area contributed by atoms with Gasteiger partial charge in [0.15, 0.2) is 0 Å². The number of amidine groups is 1. The number of hydrogen-bond donors (Lipinski definition) is 0. The van der Waals surface area contributed by atoms with Gasteiger partial charge in [0, 0.05) is 17.6 Å². The molecule has 0 saturated carbocycles.